The number of rotatable bonds is 5. The van der Waals surface area contributed by atoms with E-state index in [-0.39, 0.29) is 11.8 Å². The second kappa shape index (κ2) is 10.1. The van der Waals surface area contributed by atoms with Crippen LogP contribution in [-0.2, 0) is 6.42 Å². The molecule has 0 aliphatic carbocycles. The highest BCUT2D eigenvalue weighted by atomic mass is 16.5. The SMILES string of the molecule is O=C(c1ccc2c(c1)Oc1ccccc1C2C1CCN(CCc2ccccc2)CC1)N1CCC(O)C1. The Balaban J connectivity index is 1.20. The predicted molar refractivity (Wildman–Crippen MR) is 141 cm³/mol. The molecule has 6 rings (SSSR count). The number of hydrogen-bond donors (Lipinski definition) is 1. The molecule has 0 saturated carbocycles. The lowest BCUT2D eigenvalue weighted by Gasteiger charge is -2.39. The number of benzene rings is 3. The molecule has 5 heteroatoms. The number of piperidine rings is 1. The molecule has 3 aliphatic heterocycles. The van der Waals surface area contributed by atoms with Gasteiger partial charge in [0.2, 0.25) is 0 Å². The Morgan fingerprint density at radius 2 is 1.61 bits per heavy atom. The number of nitrogens with zero attached hydrogens (tertiary/aromatic N) is 2. The Morgan fingerprint density at radius 1 is 0.861 bits per heavy atom. The second-order valence-corrected chi connectivity index (χ2v) is 10.5. The van der Waals surface area contributed by atoms with Crippen LogP contribution in [0.25, 0.3) is 0 Å². The van der Waals surface area contributed by atoms with Crippen molar-refractivity contribution in [2.24, 2.45) is 5.92 Å². The highest BCUT2D eigenvalue weighted by Crippen LogP contribution is 2.50. The number of likely N-dealkylation sites (tertiary alicyclic amines) is 2. The Kier molecular flexibility index (Phi) is 6.51. The predicted octanol–water partition coefficient (Wildman–Crippen LogP) is 5.09. The molecule has 3 aliphatic rings. The fourth-order valence-electron chi connectivity index (χ4n) is 6.19. The Morgan fingerprint density at radius 3 is 2.39 bits per heavy atom. The minimum atomic E-state index is -0.419. The van der Waals surface area contributed by atoms with Crippen LogP contribution in [0.3, 0.4) is 0 Å². The molecule has 2 fully saturated rings. The topological polar surface area (TPSA) is 53.0 Å². The van der Waals surface area contributed by atoms with Gasteiger partial charge in [-0.05, 0) is 68.5 Å². The monoisotopic (exact) mass is 482 g/mol. The maximum absolute atomic E-state index is 13.1. The van der Waals surface area contributed by atoms with Crippen LogP contribution < -0.4 is 4.74 Å². The van der Waals surface area contributed by atoms with Crippen molar-refractivity contribution in [2.45, 2.75) is 37.7 Å². The molecule has 2 atom stereocenters. The first-order valence-electron chi connectivity index (χ1n) is 13.3. The van der Waals surface area contributed by atoms with E-state index in [1.54, 1.807) is 4.90 Å². The molecule has 5 nitrogen and oxygen atoms in total. The van der Waals surface area contributed by atoms with Crippen molar-refractivity contribution in [3.8, 4) is 11.5 Å². The highest BCUT2D eigenvalue weighted by Gasteiger charge is 2.36. The van der Waals surface area contributed by atoms with E-state index in [1.165, 1.54) is 16.7 Å². The van der Waals surface area contributed by atoms with Crippen molar-refractivity contribution in [1.29, 1.82) is 0 Å². The van der Waals surface area contributed by atoms with Crippen LogP contribution in [-0.4, -0.2) is 59.6 Å². The van der Waals surface area contributed by atoms with Gasteiger partial charge in [-0.2, -0.15) is 0 Å². The van der Waals surface area contributed by atoms with Crippen molar-refractivity contribution < 1.29 is 14.6 Å². The molecule has 1 amide bonds. The maximum Gasteiger partial charge on any atom is 0.254 e. The number of carbonyl (C=O) groups excluding carboxylic acids is 1. The number of hydrogen-bond acceptors (Lipinski definition) is 4. The van der Waals surface area contributed by atoms with Crippen LogP contribution in [0, 0.1) is 5.92 Å². The van der Waals surface area contributed by atoms with Gasteiger partial charge < -0.3 is 19.6 Å². The summed E-state index contributed by atoms with van der Waals surface area (Å²) in [4.78, 5) is 17.4. The number of fused-ring (bicyclic) bond motifs is 2. The van der Waals surface area contributed by atoms with Gasteiger partial charge in [-0.3, -0.25) is 4.79 Å². The van der Waals surface area contributed by atoms with Crippen molar-refractivity contribution >= 4 is 5.91 Å². The van der Waals surface area contributed by atoms with E-state index in [0.29, 0.717) is 31.0 Å². The van der Waals surface area contributed by atoms with E-state index in [9.17, 15) is 9.90 Å². The third-order valence-electron chi connectivity index (χ3n) is 8.18. The maximum atomic E-state index is 13.1. The van der Waals surface area contributed by atoms with Gasteiger partial charge >= 0.3 is 0 Å². The lowest BCUT2D eigenvalue weighted by molar-refractivity contribution is 0.0764. The number of aliphatic hydroxyl groups is 1. The molecular weight excluding hydrogens is 448 g/mol. The largest absolute Gasteiger partial charge is 0.457 e. The highest BCUT2D eigenvalue weighted by molar-refractivity contribution is 5.95. The molecule has 2 unspecified atom stereocenters. The molecule has 2 saturated heterocycles. The summed E-state index contributed by atoms with van der Waals surface area (Å²) in [5.74, 6) is 2.50. The van der Waals surface area contributed by atoms with E-state index >= 15 is 0 Å². The van der Waals surface area contributed by atoms with E-state index in [4.69, 9.17) is 4.74 Å². The number of aliphatic hydroxyl groups excluding tert-OH is 1. The summed E-state index contributed by atoms with van der Waals surface area (Å²) in [6.45, 7) is 4.34. The standard InChI is InChI=1S/C31H34N2O3/c34-25-15-19-33(21-25)31(35)24-10-11-27-29(20-24)36-28-9-5-4-8-26(28)30(27)23-13-17-32(18-14-23)16-12-22-6-2-1-3-7-22/h1-11,20,23,25,30,34H,12-19,21H2. The molecule has 3 heterocycles. The average Bonchev–Trinajstić information content (AvgIpc) is 3.37. The number of amides is 1. The van der Waals surface area contributed by atoms with Crippen molar-refractivity contribution in [3.05, 3.63) is 95.1 Å². The molecule has 0 bridgehead atoms. The van der Waals surface area contributed by atoms with Crippen molar-refractivity contribution in [2.75, 3.05) is 32.7 Å². The molecule has 3 aromatic rings. The third kappa shape index (κ3) is 4.65. The van der Waals surface area contributed by atoms with Gasteiger partial charge in [-0.15, -0.1) is 0 Å². The van der Waals surface area contributed by atoms with Crippen LogP contribution >= 0.6 is 0 Å². The van der Waals surface area contributed by atoms with Gasteiger partial charge in [0.25, 0.3) is 5.91 Å². The normalized spacial score (nSPS) is 22.1. The summed E-state index contributed by atoms with van der Waals surface area (Å²) in [5.41, 5.74) is 4.49. The zero-order valence-electron chi connectivity index (χ0n) is 20.7. The van der Waals surface area contributed by atoms with E-state index < -0.39 is 6.10 Å². The average molecular weight is 483 g/mol. The molecule has 0 aromatic heterocycles. The van der Waals surface area contributed by atoms with Gasteiger partial charge in [0.05, 0.1) is 6.10 Å². The first-order valence-corrected chi connectivity index (χ1v) is 13.3. The molecule has 0 radical (unpaired) electrons. The molecular formula is C31H34N2O3. The first kappa shape index (κ1) is 23.3. The van der Waals surface area contributed by atoms with Crippen LogP contribution in [0.1, 0.15) is 52.2 Å². The summed E-state index contributed by atoms with van der Waals surface area (Å²) in [5, 5.41) is 9.86. The Labute approximate surface area is 213 Å². The first-order chi connectivity index (χ1) is 17.7. The van der Waals surface area contributed by atoms with E-state index in [0.717, 1.165) is 50.4 Å². The molecule has 186 valence electrons. The zero-order valence-corrected chi connectivity index (χ0v) is 20.7. The number of β-amino-alcohol motifs (C(OH)–C–C–N with tert-alkyl or cyclic N) is 1. The number of para-hydroxylation sites is 1. The second-order valence-electron chi connectivity index (χ2n) is 10.5. The molecule has 0 spiro atoms. The fourth-order valence-corrected chi connectivity index (χ4v) is 6.19. The fraction of sp³-hybridized carbons (Fsp3) is 0.387. The van der Waals surface area contributed by atoms with Crippen molar-refractivity contribution in [1.82, 2.24) is 9.80 Å². The van der Waals surface area contributed by atoms with E-state index in [1.807, 2.05) is 24.3 Å². The van der Waals surface area contributed by atoms with Crippen LogP contribution in [0.5, 0.6) is 11.5 Å². The summed E-state index contributed by atoms with van der Waals surface area (Å²) >= 11 is 0. The zero-order chi connectivity index (χ0) is 24.5. The Hall–Kier alpha value is -3.15. The Bertz CT molecular complexity index is 1220. The summed E-state index contributed by atoms with van der Waals surface area (Å²) in [6, 6.07) is 25.1. The van der Waals surface area contributed by atoms with Gasteiger partial charge in [-0.25, -0.2) is 0 Å². The van der Waals surface area contributed by atoms with E-state index in [2.05, 4.69) is 53.4 Å². The van der Waals surface area contributed by atoms with Crippen LogP contribution in [0.2, 0.25) is 0 Å². The summed E-state index contributed by atoms with van der Waals surface area (Å²) in [6.07, 6.45) is 3.63. The molecule has 3 aromatic carbocycles. The van der Waals surface area contributed by atoms with Crippen LogP contribution in [0.4, 0.5) is 0 Å². The summed E-state index contributed by atoms with van der Waals surface area (Å²) in [7, 11) is 0. The number of carbonyl (C=O) groups is 1. The lowest BCUT2D eigenvalue weighted by Crippen LogP contribution is -2.37. The lowest BCUT2D eigenvalue weighted by atomic mass is 9.74. The van der Waals surface area contributed by atoms with Gasteiger partial charge in [0, 0.05) is 42.2 Å². The van der Waals surface area contributed by atoms with Gasteiger partial charge in [-0.1, -0.05) is 54.6 Å². The third-order valence-corrected chi connectivity index (χ3v) is 8.18. The number of ether oxygens (including phenoxy) is 1. The summed E-state index contributed by atoms with van der Waals surface area (Å²) < 4.78 is 6.35. The van der Waals surface area contributed by atoms with Gasteiger partial charge in [0.1, 0.15) is 11.5 Å². The van der Waals surface area contributed by atoms with Gasteiger partial charge in [0.15, 0.2) is 0 Å². The smallest absolute Gasteiger partial charge is 0.254 e. The minimum absolute atomic E-state index is 0.0277. The molecule has 1 N–H and O–H groups in total. The minimum Gasteiger partial charge on any atom is -0.457 e. The van der Waals surface area contributed by atoms with Crippen LogP contribution in [0.15, 0.2) is 72.8 Å². The quantitative estimate of drug-likeness (QED) is 0.551. The van der Waals surface area contributed by atoms with Crippen molar-refractivity contribution in [3.63, 3.8) is 0 Å². The molecule has 36 heavy (non-hydrogen) atoms.